The highest BCUT2D eigenvalue weighted by Crippen LogP contribution is 2.10. The molecule has 0 bridgehead atoms. The molecule has 0 spiro atoms. The van der Waals surface area contributed by atoms with E-state index in [9.17, 15) is 9.59 Å². The molecule has 0 aromatic heterocycles. The molecule has 0 saturated carbocycles. The van der Waals surface area contributed by atoms with Crippen molar-refractivity contribution >= 4 is 11.9 Å². The standard InChI is InChI=1S/C10H18N4O2/c1-2-8-9(15)14(10(16)12-8)7-13-5-3-11-4-6-13/h8,11H,2-7H2,1H3,(H,12,16). The second kappa shape index (κ2) is 4.80. The predicted molar refractivity (Wildman–Crippen MR) is 58.8 cm³/mol. The summed E-state index contributed by atoms with van der Waals surface area (Å²) in [7, 11) is 0. The van der Waals surface area contributed by atoms with Crippen molar-refractivity contribution < 1.29 is 9.59 Å². The van der Waals surface area contributed by atoms with E-state index in [-0.39, 0.29) is 18.0 Å². The highest BCUT2D eigenvalue weighted by Gasteiger charge is 2.37. The van der Waals surface area contributed by atoms with Crippen molar-refractivity contribution in [3.8, 4) is 0 Å². The van der Waals surface area contributed by atoms with Crippen molar-refractivity contribution in [2.75, 3.05) is 32.8 Å². The molecule has 3 amide bonds. The van der Waals surface area contributed by atoms with Crippen LogP contribution in [0.4, 0.5) is 4.79 Å². The van der Waals surface area contributed by atoms with Crippen LogP contribution >= 0.6 is 0 Å². The molecule has 0 aromatic carbocycles. The molecule has 6 heteroatoms. The van der Waals surface area contributed by atoms with Gasteiger partial charge in [-0.25, -0.2) is 9.69 Å². The van der Waals surface area contributed by atoms with Gasteiger partial charge in [0.05, 0.1) is 6.67 Å². The lowest BCUT2D eigenvalue weighted by Gasteiger charge is -2.29. The maximum absolute atomic E-state index is 11.8. The van der Waals surface area contributed by atoms with Gasteiger partial charge in [0, 0.05) is 26.2 Å². The summed E-state index contributed by atoms with van der Waals surface area (Å²) in [6.07, 6.45) is 0.655. The summed E-state index contributed by atoms with van der Waals surface area (Å²) in [5, 5.41) is 5.92. The van der Waals surface area contributed by atoms with Crippen LogP contribution in [0.5, 0.6) is 0 Å². The lowest BCUT2D eigenvalue weighted by atomic mass is 10.2. The normalized spacial score (nSPS) is 27.3. The zero-order valence-corrected chi connectivity index (χ0v) is 9.53. The molecule has 0 aromatic rings. The number of hydrogen-bond acceptors (Lipinski definition) is 4. The van der Waals surface area contributed by atoms with Crippen LogP contribution in [0, 0.1) is 0 Å². The molecule has 1 atom stereocenters. The van der Waals surface area contributed by atoms with Crippen LogP contribution in [-0.2, 0) is 4.79 Å². The maximum atomic E-state index is 11.8. The molecular formula is C10H18N4O2. The van der Waals surface area contributed by atoms with E-state index < -0.39 is 0 Å². The molecule has 2 fully saturated rings. The third kappa shape index (κ3) is 2.17. The van der Waals surface area contributed by atoms with Gasteiger partial charge in [0.25, 0.3) is 5.91 Å². The van der Waals surface area contributed by atoms with E-state index in [1.54, 1.807) is 0 Å². The summed E-state index contributed by atoms with van der Waals surface area (Å²) in [5.41, 5.74) is 0. The first kappa shape index (κ1) is 11.3. The average Bonchev–Trinajstić information content (AvgIpc) is 2.58. The molecule has 2 rings (SSSR count). The Kier molecular flexibility index (Phi) is 3.40. The van der Waals surface area contributed by atoms with Crippen molar-refractivity contribution in [1.29, 1.82) is 0 Å². The summed E-state index contributed by atoms with van der Waals surface area (Å²) in [5.74, 6) is -0.0916. The Labute approximate surface area is 95.0 Å². The molecule has 2 N–H and O–H groups in total. The first-order chi connectivity index (χ1) is 7.72. The zero-order valence-electron chi connectivity index (χ0n) is 9.53. The van der Waals surface area contributed by atoms with Crippen LogP contribution in [-0.4, -0.2) is 60.6 Å². The van der Waals surface area contributed by atoms with Gasteiger partial charge in [-0.2, -0.15) is 0 Å². The summed E-state index contributed by atoms with van der Waals surface area (Å²) in [4.78, 5) is 26.8. The van der Waals surface area contributed by atoms with Crippen LogP contribution in [0.2, 0.25) is 0 Å². The fraction of sp³-hybridized carbons (Fsp3) is 0.800. The highest BCUT2D eigenvalue weighted by atomic mass is 16.2. The zero-order chi connectivity index (χ0) is 11.5. The van der Waals surface area contributed by atoms with Gasteiger partial charge in [0.15, 0.2) is 0 Å². The number of urea groups is 1. The molecule has 2 aliphatic heterocycles. The Hall–Kier alpha value is -1.14. The number of nitrogens with zero attached hydrogens (tertiary/aromatic N) is 2. The SMILES string of the molecule is CCC1NC(=O)N(CN2CCNCC2)C1=O. The van der Waals surface area contributed by atoms with E-state index in [0.717, 1.165) is 26.2 Å². The summed E-state index contributed by atoms with van der Waals surface area (Å²) >= 11 is 0. The third-order valence-electron chi connectivity index (χ3n) is 3.07. The van der Waals surface area contributed by atoms with Gasteiger partial charge in [-0.05, 0) is 6.42 Å². The number of carbonyl (C=O) groups excluding carboxylic acids is 2. The lowest BCUT2D eigenvalue weighted by molar-refractivity contribution is -0.129. The molecule has 2 aliphatic rings. The van der Waals surface area contributed by atoms with Crippen LogP contribution in [0.1, 0.15) is 13.3 Å². The van der Waals surface area contributed by atoms with Crippen molar-refractivity contribution in [2.45, 2.75) is 19.4 Å². The fourth-order valence-corrected chi connectivity index (χ4v) is 2.04. The van der Waals surface area contributed by atoms with Gasteiger partial charge < -0.3 is 10.6 Å². The Balaban J connectivity index is 1.93. The number of amides is 3. The van der Waals surface area contributed by atoms with E-state index in [2.05, 4.69) is 15.5 Å². The Bertz CT molecular complexity index is 289. The Morgan fingerprint density at radius 3 is 2.56 bits per heavy atom. The van der Waals surface area contributed by atoms with Gasteiger partial charge in [-0.15, -0.1) is 0 Å². The van der Waals surface area contributed by atoms with E-state index in [1.807, 2.05) is 6.92 Å². The summed E-state index contributed by atoms with van der Waals surface area (Å²) in [6.45, 7) is 5.92. The van der Waals surface area contributed by atoms with Crippen molar-refractivity contribution in [2.24, 2.45) is 0 Å². The molecule has 1 unspecified atom stereocenters. The smallest absolute Gasteiger partial charge is 0.325 e. The molecular weight excluding hydrogens is 208 g/mol. The molecule has 0 radical (unpaired) electrons. The largest absolute Gasteiger partial charge is 0.326 e. The van der Waals surface area contributed by atoms with E-state index in [4.69, 9.17) is 0 Å². The van der Waals surface area contributed by atoms with E-state index in [1.165, 1.54) is 4.90 Å². The van der Waals surface area contributed by atoms with Crippen LogP contribution in [0.15, 0.2) is 0 Å². The topological polar surface area (TPSA) is 64.7 Å². The summed E-state index contributed by atoms with van der Waals surface area (Å²) in [6, 6.07) is -0.578. The monoisotopic (exact) mass is 226 g/mol. The van der Waals surface area contributed by atoms with Gasteiger partial charge in [0.2, 0.25) is 0 Å². The number of hydrogen-bond donors (Lipinski definition) is 2. The minimum atomic E-state index is -0.324. The van der Waals surface area contributed by atoms with E-state index in [0.29, 0.717) is 13.1 Å². The Morgan fingerprint density at radius 1 is 1.31 bits per heavy atom. The molecule has 2 saturated heterocycles. The number of carbonyl (C=O) groups is 2. The minimum Gasteiger partial charge on any atom is -0.326 e. The van der Waals surface area contributed by atoms with Gasteiger partial charge >= 0.3 is 6.03 Å². The number of imide groups is 1. The van der Waals surface area contributed by atoms with Crippen LogP contribution < -0.4 is 10.6 Å². The van der Waals surface area contributed by atoms with Crippen LogP contribution in [0.25, 0.3) is 0 Å². The van der Waals surface area contributed by atoms with Crippen LogP contribution in [0.3, 0.4) is 0 Å². The third-order valence-corrected chi connectivity index (χ3v) is 3.07. The second-order valence-corrected chi connectivity index (χ2v) is 4.19. The first-order valence-corrected chi connectivity index (χ1v) is 5.77. The van der Waals surface area contributed by atoms with Crippen molar-refractivity contribution in [1.82, 2.24) is 20.4 Å². The predicted octanol–water partition coefficient (Wildman–Crippen LogP) is -0.820. The quantitative estimate of drug-likeness (QED) is 0.617. The van der Waals surface area contributed by atoms with Crippen molar-refractivity contribution in [3.63, 3.8) is 0 Å². The molecule has 0 aliphatic carbocycles. The van der Waals surface area contributed by atoms with Gasteiger partial charge in [-0.1, -0.05) is 6.92 Å². The minimum absolute atomic E-state index is 0.0916. The van der Waals surface area contributed by atoms with Gasteiger partial charge in [-0.3, -0.25) is 9.69 Å². The number of nitrogens with one attached hydrogen (secondary N) is 2. The average molecular weight is 226 g/mol. The maximum Gasteiger partial charge on any atom is 0.325 e. The van der Waals surface area contributed by atoms with Gasteiger partial charge in [0.1, 0.15) is 6.04 Å². The highest BCUT2D eigenvalue weighted by molar-refractivity contribution is 6.04. The Morgan fingerprint density at radius 2 is 2.00 bits per heavy atom. The second-order valence-electron chi connectivity index (χ2n) is 4.19. The van der Waals surface area contributed by atoms with Crippen molar-refractivity contribution in [3.05, 3.63) is 0 Å². The fourth-order valence-electron chi connectivity index (χ4n) is 2.04. The molecule has 2 heterocycles. The number of rotatable bonds is 3. The molecule has 16 heavy (non-hydrogen) atoms. The molecule has 6 nitrogen and oxygen atoms in total. The molecule has 90 valence electrons. The van der Waals surface area contributed by atoms with E-state index >= 15 is 0 Å². The summed E-state index contributed by atoms with van der Waals surface area (Å²) < 4.78 is 0. The first-order valence-electron chi connectivity index (χ1n) is 5.77. The lowest BCUT2D eigenvalue weighted by Crippen LogP contribution is -2.49. The number of piperazine rings is 1.